The van der Waals surface area contributed by atoms with Gasteiger partial charge < -0.3 is 15.4 Å². The molecule has 98 valence electrons. The molecule has 1 aliphatic rings. The Labute approximate surface area is 106 Å². The van der Waals surface area contributed by atoms with Crippen LogP contribution < -0.4 is 10.6 Å². The van der Waals surface area contributed by atoms with Gasteiger partial charge in [0.15, 0.2) is 0 Å². The van der Waals surface area contributed by atoms with Crippen molar-refractivity contribution in [1.82, 2.24) is 10.6 Å². The maximum atomic E-state index is 13.1. The number of rotatable bonds is 3. The molecule has 1 unspecified atom stereocenters. The van der Waals surface area contributed by atoms with Gasteiger partial charge in [0, 0.05) is 13.1 Å². The summed E-state index contributed by atoms with van der Waals surface area (Å²) in [6.07, 6.45) is -0.463. The number of nitrogens with one attached hydrogen (secondary N) is 2. The van der Waals surface area contributed by atoms with Gasteiger partial charge in [0.1, 0.15) is 11.9 Å². The van der Waals surface area contributed by atoms with E-state index < -0.39 is 6.10 Å². The summed E-state index contributed by atoms with van der Waals surface area (Å²) in [4.78, 5) is 11.9. The van der Waals surface area contributed by atoms with E-state index in [0.29, 0.717) is 13.2 Å². The second-order valence-electron chi connectivity index (χ2n) is 4.35. The molecule has 1 saturated heterocycles. The zero-order chi connectivity index (χ0) is 13.0. The van der Waals surface area contributed by atoms with E-state index in [9.17, 15) is 9.18 Å². The standard InChI is InChI=1S/C13H17FN2O2/c1-9(10-3-2-4-11(14)7-10)16-13(17)12-8-15-5-6-18-12/h2-4,7,9,12,15H,5-6,8H2,1H3,(H,16,17)/t9-,12?/m0/s1. The number of carbonyl (C=O) groups is 1. The van der Waals surface area contributed by atoms with Gasteiger partial charge in [-0.05, 0) is 24.6 Å². The van der Waals surface area contributed by atoms with Crippen molar-refractivity contribution in [3.8, 4) is 0 Å². The predicted octanol–water partition coefficient (Wildman–Crippen LogP) is 0.991. The van der Waals surface area contributed by atoms with Crippen molar-refractivity contribution in [2.45, 2.75) is 19.1 Å². The Bertz CT molecular complexity index is 419. The molecule has 1 aromatic carbocycles. The van der Waals surface area contributed by atoms with Gasteiger partial charge in [0.25, 0.3) is 5.91 Å². The first-order chi connectivity index (χ1) is 8.66. The Morgan fingerprint density at radius 3 is 3.11 bits per heavy atom. The molecule has 5 heteroatoms. The van der Waals surface area contributed by atoms with E-state index in [-0.39, 0.29) is 17.8 Å². The molecule has 2 rings (SSSR count). The molecular formula is C13H17FN2O2. The van der Waals surface area contributed by atoms with E-state index in [4.69, 9.17) is 4.74 Å². The number of benzene rings is 1. The minimum Gasteiger partial charge on any atom is -0.366 e. The molecule has 1 heterocycles. The molecule has 0 aromatic heterocycles. The summed E-state index contributed by atoms with van der Waals surface area (Å²) in [6.45, 7) is 3.64. The number of carbonyl (C=O) groups excluding carboxylic acids is 1. The third-order valence-electron chi connectivity index (χ3n) is 2.93. The van der Waals surface area contributed by atoms with Crippen molar-refractivity contribution in [1.29, 1.82) is 0 Å². The Morgan fingerprint density at radius 1 is 1.61 bits per heavy atom. The van der Waals surface area contributed by atoms with Gasteiger partial charge in [-0.15, -0.1) is 0 Å². The molecule has 2 N–H and O–H groups in total. The van der Waals surface area contributed by atoms with Crippen molar-refractivity contribution in [3.05, 3.63) is 35.6 Å². The zero-order valence-electron chi connectivity index (χ0n) is 10.3. The maximum absolute atomic E-state index is 13.1. The van der Waals surface area contributed by atoms with Crippen LogP contribution in [0.3, 0.4) is 0 Å². The van der Waals surface area contributed by atoms with Crippen LogP contribution in [-0.4, -0.2) is 31.7 Å². The fourth-order valence-electron chi connectivity index (χ4n) is 1.90. The lowest BCUT2D eigenvalue weighted by atomic mass is 10.1. The lowest BCUT2D eigenvalue weighted by Crippen LogP contribution is -2.48. The molecule has 0 radical (unpaired) electrons. The highest BCUT2D eigenvalue weighted by Crippen LogP contribution is 2.13. The van der Waals surface area contributed by atoms with E-state index >= 15 is 0 Å². The molecule has 0 bridgehead atoms. The number of hydrogen-bond acceptors (Lipinski definition) is 3. The summed E-state index contributed by atoms with van der Waals surface area (Å²) in [6, 6.07) is 5.98. The Kier molecular flexibility index (Phi) is 4.28. The quantitative estimate of drug-likeness (QED) is 0.843. The van der Waals surface area contributed by atoms with Gasteiger partial charge in [-0.2, -0.15) is 0 Å². The van der Waals surface area contributed by atoms with E-state index in [1.165, 1.54) is 12.1 Å². The van der Waals surface area contributed by atoms with Crippen LogP contribution in [-0.2, 0) is 9.53 Å². The molecule has 1 amide bonds. The number of halogens is 1. The van der Waals surface area contributed by atoms with Crippen LogP contribution in [0.15, 0.2) is 24.3 Å². The van der Waals surface area contributed by atoms with Crippen molar-refractivity contribution >= 4 is 5.91 Å². The van der Waals surface area contributed by atoms with Crippen molar-refractivity contribution in [2.75, 3.05) is 19.7 Å². The molecule has 4 nitrogen and oxygen atoms in total. The molecule has 1 fully saturated rings. The fraction of sp³-hybridized carbons (Fsp3) is 0.462. The molecule has 0 aliphatic carbocycles. The highest BCUT2D eigenvalue weighted by atomic mass is 19.1. The number of amides is 1. The van der Waals surface area contributed by atoms with Gasteiger partial charge in [-0.1, -0.05) is 12.1 Å². The number of morpholine rings is 1. The Morgan fingerprint density at radius 2 is 2.44 bits per heavy atom. The summed E-state index contributed by atoms with van der Waals surface area (Å²) in [5, 5.41) is 5.91. The second-order valence-corrected chi connectivity index (χ2v) is 4.35. The topological polar surface area (TPSA) is 50.4 Å². The summed E-state index contributed by atoms with van der Waals surface area (Å²) in [7, 11) is 0. The molecule has 1 aromatic rings. The Balaban J connectivity index is 1.94. The fourth-order valence-corrected chi connectivity index (χ4v) is 1.90. The average molecular weight is 252 g/mol. The van der Waals surface area contributed by atoms with Crippen LogP contribution in [0, 0.1) is 5.82 Å². The highest BCUT2D eigenvalue weighted by Gasteiger charge is 2.23. The SMILES string of the molecule is C[C@H](NC(=O)C1CNCCO1)c1cccc(F)c1. The van der Waals surface area contributed by atoms with Gasteiger partial charge >= 0.3 is 0 Å². The average Bonchev–Trinajstić information content (AvgIpc) is 2.39. The third kappa shape index (κ3) is 3.27. The second kappa shape index (κ2) is 5.93. The van der Waals surface area contributed by atoms with Crippen LogP contribution in [0.5, 0.6) is 0 Å². The van der Waals surface area contributed by atoms with E-state index in [2.05, 4.69) is 10.6 Å². The highest BCUT2D eigenvalue weighted by molar-refractivity contribution is 5.81. The number of hydrogen-bond donors (Lipinski definition) is 2. The van der Waals surface area contributed by atoms with E-state index in [0.717, 1.165) is 12.1 Å². The van der Waals surface area contributed by atoms with Crippen LogP contribution in [0.1, 0.15) is 18.5 Å². The van der Waals surface area contributed by atoms with Crippen LogP contribution in [0.4, 0.5) is 4.39 Å². The largest absolute Gasteiger partial charge is 0.366 e. The normalized spacial score (nSPS) is 21.3. The van der Waals surface area contributed by atoms with Crippen LogP contribution >= 0.6 is 0 Å². The van der Waals surface area contributed by atoms with Crippen LogP contribution in [0.25, 0.3) is 0 Å². The molecule has 0 saturated carbocycles. The zero-order valence-corrected chi connectivity index (χ0v) is 10.3. The maximum Gasteiger partial charge on any atom is 0.250 e. The smallest absolute Gasteiger partial charge is 0.250 e. The molecule has 1 aliphatic heterocycles. The molecular weight excluding hydrogens is 235 g/mol. The summed E-state index contributed by atoms with van der Waals surface area (Å²) in [5.41, 5.74) is 0.743. The summed E-state index contributed by atoms with van der Waals surface area (Å²) in [5.74, 6) is -0.469. The van der Waals surface area contributed by atoms with E-state index in [1.54, 1.807) is 12.1 Å². The first-order valence-electron chi connectivity index (χ1n) is 6.05. The minimum absolute atomic E-state index is 0.168. The van der Waals surface area contributed by atoms with Gasteiger partial charge in [0.2, 0.25) is 0 Å². The number of ether oxygens (including phenoxy) is 1. The first-order valence-corrected chi connectivity index (χ1v) is 6.05. The molecule has 0 spiro atoms. The molecule has 18 heavy (non-hydrogen) atoms. The van der Waals surface area contributed by atoms with Crippen LogP contribution in [0.2, 0.25) is 0 Å². The van der Waals surface area contributed by atoms with Crippen molar-refractivity contribution < 1.29 is 13.9 Å². The third-order valence-corrected chi connectivity index (χ3v) is 2.93. The van der Waals surface area contributed by atoms with Gasteiger partial charge in [0.05, 0.1) is 12.6 Å². The predicted molar refractivity (Wildman–Crippen MR) is 65.6 cm³/mol. The summed E-state index contributed by atoms with van der Waals surface area (Å²) >= 11 is 0. The van der Waals surface area contributed by atoms with Gasteiger partial charge in [-0.3, -0.25) is 4.79 Å². The Hall–Kier alpha value is -1.46. The van der Waals surface area contributed by atoms with Gasteiger partial charge in [-0.25, -0.2) is 4.39 Å². The van der Waals surface area contributed by atoms with Crippen molar-refractivity contribution in [3.63, 3.8) is 0 Å². The monoisotopic (exact) mass is 252 g/mol. The van der Waals surface area contributed by atoms with E-state index in [1.807, 2.05) is 6.92 Å². The minimum atomic E-state index is -0.463. The lowest BCUT2D eigenvalue weighted by molar-refractivity contribution is -0.134. The molecule has 2 atom stereocenters. The van der Waals surface area contributed by atoms with Crippen molar-refractivity contribution in [2.24, 2.45) is 0 Å². The first kappa shape index (κ1) is 13.0. The lowest BCUT2D eigenvalue weighted by Gasteiger charge is -2.24. The summed E-state index contributed by atoms with van der Waals surface area (Å²) < 4.78 is 18.4.